The Balaban J connectivity index is 1.62. The van der Waals surface area contributed by atoms with Crippen LogP contribution in [0, 0.1) is 0 Å². The van der Waals surface area contributed by atoms with E-state index in [-0.39, 0.29) is 6.61 Å². The summed E-state index contributed by atoms with van der Waals surface area (Å²) in [5.74, 6) is 0.175. The summed E-state index contributed by atoms with van der Waals surface area (Å²) in [5, 5.41) is 10.4. The van der Waals surface area contributed by atoms with Crippen molar-refractivity contribution in [3.8, 4) is 5.75 Å². The highest BCUT2D eigenvalue weighted by atomic mass is 16.5. The molecule has 164 valence electrons. The van der Waals surface area contributed by atoms with Crippen LogP contribution in [0.4, 0.5) is 0 Å². The quantitative estimate of drug-likeness (QED) is 0.187. The molecule has 0 fully saturated rings. The number of carbonyl (C=O) groups is 1. The summed E-state index contributed by atoms with van der Waals surface area (Å²) in [6, 6.07) is 17.7. The fraction of sp³-hybridized carbons (Fsp3) is 0.231. The smallest absolute Gasteiger partial charge is 0.345 e. The lowest BCUT2D eigenvalue weighted by molar-refractivity contribution is -0.753. The summed E-state index contributed by atoms with van der Waals surface area (Å²) in [6.07, 6.45) is 4.94. The van der Waals surface area contributed by atoms with Crippen LogP contribution in [0.1, 0.15) is 35.6 Å². The van der Waals surface area contributed by atoms with E-state index in [2.05, 4.69) is 12.1 Å². The van der Waals surface area contributed by atoms with Crippen molar-refractivity contribution in [2.75, 3.05) is 20.3 Å². The molecule has 2 aromatic carbocycles. The number of hydrogen-bond donors (Lipinski definition) is 1. The van der Waals surface area contributed by atoms with Crippen molar-refractivity contribution < 1.29 is 28.6 Å². The molecule has 1 aliphatic rings. The number of aryl methyl sites for hydroxylation is 1. The standard InChI is InChI=1S/C26H26NO5/c1-3-31-26(28)24-23(19-13-15-30-17-19)21-12-11-20(16-22(21)25(24)27(2)29)32-14-7-10-18-8-5-4-6-9-18/h4-6,8-9,11-13,15-17,29H,3,7,10,14H2,1-2H3/q+1. The molecular weight excluding hydrogens is 406 g/mol. The van der Waals surface area contributed by atoms with Gasteiger partial charge >= 0.3 is 5.97 Å². The lowest BCUT2D eigenvalue weighted by Crippen LogP contribution is -2.22. The monoisotopic (exact) mass is 432 g/mol. The average molecular weight is 432 g/mol. The van der Waals surface area contributed by atoms with Crippen molar-refractivity contribution in [2.24, 2.45) is 0 Å². The summed E-state index contributed by atoms with van der Waals surface area (Å²) in [7, 11) is 1.49. The van der Waals surface area contributed by atoms with Gasteiger partial charge in [0, 0.05) is 11.1 Å². The number of hydroxylamine groups is 1. The van der Waals surface area contributed by atoms with Gasteiger partial charge in [-0.2, -0.15) is 0 Å². The lowest BCUT2D eigenvalue weighted by Gasteiger charge is -2.09. The molecule has 32 heavy (non-hydrogen) atoms. The van der Waals surface area contributed by atoms with Gasteiger partial charge in [0.15, 0.2) is 7.05 Å². The predicted molar refractivity (Wildman–Crippen MR) is 120 cm³/mol. The van der Waals surface area contributed by atoms with E-state index in [0.717, 1.165) is 28.7 Å². The zero-order chi connectivity index (χ0) is 22.5. The van der Waals surface area contributed by atoms with Gasteiger partial charge in [-0.05, 0) is 59.9 Å². The lowest BCUT2D eigenvalue weighted by atomic mass is 10.00. The molecule has 1 N–H and O–H groups in total. The van der Waals surface area contributed by atoms with Gasteiger partial charge in [-0.1, -0.05) is 30.3 Å². The van der Waals surface area contributed by atoms with Crippen LogP contribution in [0.5, 0.6) is 5.75 Å². The topological polar surface area (TPSA) is 71.9 Å². The van der Waals surface area contributed by atoms with Crippen LogP contribution in [-0.2, 0) is 16.0 Å². The number of carbonyl (C=O) groups excluding carboxylic acids is 1. The van der Waals surface area contributed by atoms with Crippen LogP contribution in [0.2, 0.25) is 0 Å². The van der Waals surface area contributed by atoms with Crippen molar-refractivity contribution in [1.82, 2.24) is 0 Å². The maximum absolute atomic E-state index is 12.9. The van der Waals surface area contributed by atoms with Crippen molar-refractivity contribution in [3.05, 3.63) is 95.0 Å². The van der Waals surface area contributed by atoms with Crippen LogP contribution in [0.15, 0.2) is 77.1 Å². The second-order valence-corrected chi connectivity index (χ2v) is 7.50. The molecule has 0 saturated carbocycles. The van der Waals surface area contributed by atoms with Gasteiger partial charge in [-0.3, -0.25) is 5.21 Å². The zero-order valence-corrected chi connectivity index (χ0v) is 18.2. The fourth-order valence-electron chi connectivity index (χ4n) is 3.97. The third-order valence-corrected chi connectivity index (χ3v) is 5.34. The van der Waals surface area contributed by atoms with Crippen molar-refractivity contribution in [2.45, 2.75) is 19.8 Å². The van der Waals surface area contributed by atoms with E-state index in [9.17, 15) is 10.0 Å². The highest BCUT2D eigenvalue weighted by Crippen LogP contribution is 2.40. The Morgan fingerprint density at radius 2 is 1.91 bits per heavy atom. The number of furan rings is 1. The first-order chi connectivity index (χ1) is 15.6. The highest BCUT2D eigenvalue weighted by Gasteiger charge is 2.40. The molecule has 0 saturated heterocycles. The number of esters is 1. The molecule has 0 radical (unpaired) electrons. The largest absolute Gasteiger partial charge is 0.494 e. The first-order valence-corrected chi connectivity index (χ1v) is 10.7. The summed E-state index contributed by atoms with van der Waals surface area (Å²) in [6.45, 7) is 2.54. The molecule has 6 nitrogen and oxygen atoms in total. The maximum Gasteiger partial charge on any atom is 0.345 e. The number of fused-ring (bicyclic) bond motifs is 1. The average Bonchev–Trinajstić information content (AvgIpc) is 3.43. The van der Waals surface area contributed by atoms with Gasteiger partial charge in [0.2, 0.25) is 0 Å². The Morgan fingerprint density at radius 1 is 1.09 bits per heavy atom. The van der Waals surface area contributed by atoms with E-state index < -0.39 is 5.97 Å². The normalized spacial score (nSPS) is 14.3. The highest BCUT2D eigenvalue weighted by molar-refractivity contribution is 6.35. The van der Waals surface area contributed by atoms with Gasteiger partial charge in [0.1, 0.15) is 11.3 Å². The van der Waals surface area contributed by atoms with E-state index in [1.165, 1.54) is 12.6 Å². The molecule has 3 aromatic rings. The van der Waals surface area contributed by atoms with Crippen LogP contribution in [0.3, 0.4) is 0 Å². The van der Waals surface area contributed by atoms with Crippen LogP contribution < -0.4 is 4.74 Å². The third-order valence-electron chi connectivity index (χ3n) is 5.34. The third kappa shape index (κ3) is 4.30. The second-order valence-electron chi connectivity index (χ2n) is 7.50. The summed E-state index contributed by atoms with van der Waals surface area (Å²) >= 11 is 0. The van der Waals surface area contributed by atoms with Gasteiger partial charge in [-0.15, -0.1) is 0 Å². The van der Waals surface area contributed by atoms with Crippen molar-refractivity contribution >= 4 is 17.3 Å². The van der Waals surface area contributed by atoms with Gasteiger partial charge in [0.05, 0.1) is 31.3 Å². The molecule has 0 unspecified atom stereocenters. The minimum absolute atomic E-state index is 0.232. The van der Waals surface area contributed by atoms with Crippen LogP contribution in [-0.4, -0.2) is 41.9 Å². The minimum atomic E-state index is -0.499. The maximum atomic E-state index is 12.9. The number of hydrogen-bond acceptors (Lipinski definition) is 5. The Hall–Kier alpha value is -3.80. The Morgan fingerprint density at radius 3 is 2.59 bits per heavy atom. The van der Waals surface area contributed by atoms with Gasteiger partial charge in [-0.25, -0.2) is 4.79 Å². The van der Waals surface area contributed by atoms with E-state index in [4.69, 9.17) is 13.9 Å². The second kappa shape index (κ2) is 9.56. The summed E-state index contributed by atoms with van der Waals surface area (Å²) in [5.41, 5.74) is 4.87. The number of benzene rings is 2. The summed E-state index contributed by atoms with van der Waals surface area (Å²) in [4.78, 5) is 12.9. The molecule has 1 aromatic heterocycles. The molecular formula is C26H26NO5+. The van der Waals surface area contributed by atoms with E-state index >= 15 is 0 Å². The molecule has 0 amide bonds. The molecule has 0 spiro atoms. The summed E-state index contributed by atoms with van der Waals surface area (Å²) < 4.78 is 17.5. The van der Waals surface area contributed by atoms with Crippen LogP contribution in [0.25, 0.3) is 5.57 Å². The first-order valence-electron chi connectivity index (χ1n) is 10.7. The van der Waals surface area contributed by atoms with Gasteiger partial charge in [0.25, 0.3) is 5.71 Å². The number of ether oxygens (including phenoxy) is 2. The molecule has 0 atom stereocenters. The van der Waals surface area contributed by atoms with E-state index in [0.29, 0.717) is 34.8 Å². The zero-order valence-electron chi connectivity index (χ0n) is 18.2. The van der Waals surface area contributed by atoms with Crippen molar-refractivity contribution in [3.63, 3.8) is 0 Å². The number of rotatable bonds is 8. The first kappa shape index (κ1) is 21.4. The molecule has 4 rings (SSSR count). The SMILES string of the molecule is CCOC(=O)C1=C(c2ccoc2)c2ccc(OCCCc3ccccc3)cc2C1=[N+](C)O. The van der Waals surface area contributed by atoms with Crippen LogP contribution >= 0.6 is 0 Å². The Labute approximate surface area is 187 Å². The Kier molecular flexibility index (Phi) is 6.40. The molecule has 6 heteroatoms. The van der Waals surface area contributed by atoms with E-state index in [1.807, 2.05) is 36.4 Å². The number of nitrogens with zero attached hydrogens (tertiary/aromatic N) is 1. The van der Waals surface area contributed by atoms with E-state index in [1.54, 1.807) is 25.5 Å². The predicted octanol–water partition coefficient (Wildman–Crippen LogP) is 4.49. The molecule has 0 aliphatic heterocycles. The molecule has 1 aliphatic carbocycles. The molecule has 1 heterocycles. The Bertz CT molecular complexity index is 1160. The van der Waals surface area contributed by atoms with Gasteiger partial charge < -0.3 is 13.9 Å². The minimum Gasteiger partial charge on any atom is -0.494 e. The van der Waals surface area contributed by atoms with Crippen molar-refractivity contribution in [1.29, 1.82) is 0 Å². The molecule has 0 bridgehead atoms. The fourth-order valence-corrected chi connectivity index (χ4v) is 3.97.